The van der Waals surface area contributed by atoms with Crippen LogP contribution in [0, 0.1) is 0 Å². The summed E-state index contributed by atoms with van der Waals surface area (Å²) < 4.78 is 1.07. The van der Waals surface area contributed by atoms with Gasteiger partial charge in [0.1, 0.15) is 0 Å². The molecule has 3 heteroatoms. The molecule has 0 unspecified atom stereocenters. The Labute approximate surface area is 86.2 Å². The summed E-state index contributed by atoms with van der Waals surface area (Å²) in [7, 11) is 0. The SMILES string of the molecule is CCNCc1cc(Br)ccc1Cl. The fourth-order valence-corrected chi connectivity index (χ4v) is 1.53. The Kier molecular flexibility index (Phi) is 4.06. The number of benzene rings is 1. The van der Waals surface area contributed by atoms with Crippen molar-refractivity contribution in [3.05, 3.63) is 33.3 Å². The van der Waals surface area contributed by atoms with Crippen LogP contribution in [0.2, 0.25) is 5.02 Å². The number of hydrogen-bond acceptors (Lipinski definition) is 1. The molecule has 0 aromatic heterocycles. The van der Waals surface area contributed by atoms with Crippen LogP contribution < -0.4 is 5.32 Å². The van der Waals surface area contributed by atoms with Crippen molar-refractivity contribution in [3.63, 3.8) is 0 Å². The van der Waals surface area contributed by atoms with Gasteiger partial charge >= 0.3 is 0 Å². The van der Waals surface area contributed by atoms with Crippen LogP contribution >= 0.6 is 27.5 Å². The topological polar surface area (TPSA) is 12.0 Å². The lowest BCUT2D eigenvalue weighted by molar-refractivity contribution is 0.727. The molecule has 0 radical (unpaired) electrons. The molecule has 1 aromatic carbocycles. The second kappa shape index (κ2) is 4.85. The van der Waals surface area contributed by atoms with E-state index in [-0.39, 0.29) is 0 Å². The van der Waals surface area contributed by atoms with Crippen molar-refractivity contribution in [2.24, 2.45) is 0 Å². The summed E-state index contributed by atoms with van der Waals surface area (Å²) in [5.41, 5.74) is 1.13. The van der Waals surface area contributed by atoms with Crippen molar-refractivity contribution in [3.8, 4) is 0 Å². The van der Waals surface area contributed by atoms with E-state index < -0.39 is 0 Å². The first-order valence-corrected chi connectivity index (χ1v) is 5.05. The van der Waals surface area contributed by atoms with E-state index in [4.69, 9.17) is 11.6 Å². The maximum absolute atomic E-state index is 5.97. The van der Waals surface area contributed by atoms with Gasteiger partial charge in [0, 0.05) is 16.0 Å². The van der Waals surface area contributed by atoms with Crippen molar-refractivity contribution in [1.82, 2.24) is 5.32 Å². The highest BCUT2D eigenvalue weighted by molar-refractivity contribution is 9.10. The molecule has 0 fully saturated rings. The molecule has 0 heterocycles. The van der Waals surface area contributed by atoms with Gasteiger partial charge in [-0.15, -0.1) is 0 Å². The number of nitrogens with one attached hydrogen (secondary N) is 1. The van der Waals surface area contributed by atoms with Crippen LogP contribution in [0.15, 0.2) is 22.7 Å². The third kappa shape index (κ3) is 2.77. The smallest absolute Gasteiger partial charge is 0.0451 e. The quantitative estimate of drug-likeness (QED) is 0.866. The van der Waals surface area contributed by atoms with Crippen LogP contribution in [0.1, 0.15) is 12.5 Å². The molecular weight excluding hydrogens is 237 g/mol. The zero-order valence-corrected chi connectivity index (χ0v) is 9.24. The molecule has 0 saturated carbocycles. The maximum Gasteiger partial charge on any atom is 0.0451 e. The second-order valence-corrected chi connectivity index (χ2v) is 3.84. The van der Waals surface area contributed by atoms with E-state index in [1.165, 1.54) is 0 Å². The van der Waals surface area contributed by atoms with Gasteiger partial charge in [0.2, 0.25) is 0 Å². The van der Waals surface area contributed by atoms with Gasteiger partial charge in [0.15, 0.2) is 0 Å². The molecular formula is C9H11BrClN. The third-order valence-corrected chi connectivity index (χ3v) is 2.44. The van der Waals surface area contributed by atoms with Gasteiger partial charge in [-0.25, -0.2) is 0 Å². The molecule has 0 aliphatic rings. The summed E-state index contributed by atoms with van der Waals surface area (Å²) in [5.74, 6) is 0. The molecule has 0 bridgehead atoms. The van der Waals surface area contributed by atoms with Gasteiger partial charge in [-0.2, -0.15) is 0 Å². The van der Waals surface area contributed by atoms with Gasteiger partial charge in [-0.3, -0.25) is 0 Å². The molecule has 0 atom stereocenters. The average Bonchev–Trinajstić information content (AvgIpc) is 2.07. The molecule has 1 nitrogen and oxygen atoms in total. The van der Waals surface area contributed by atoms with Gasteiger partial charge in [-0.05, 0) is 30.3 Å². The second-order valence-electron chi connectivity index (χ2n) is 2.52. The zero-order valence-electron chi connectivity index (χ0n) is 6.90. The van der Waals surface area contributed by atoms with Crippen molar-refractivity contribution in [1.29, 1.82) is 0 Å². The first kappa shape index (κ1) is 10.0. The van der Waals surface area contributed by atoms with Crippen LogP contribution in [-0.2, 0) is 6.54 Å². The Balaban J connectivity index is 2.75. The molecule has 0 aliphatic heterocycles. The third-order valence-electron chi connectivity index (χ3n) is 1.57. The first-order chi connectivity index (χ1) is 5.74. The Morgan fingerprint density at radius 3 is 2.92 bits per heavy atom. The number of hydrogen-bond donors (Lipinski definition) is 1. The largest absolute Gasteiger partial charge is 0.313 e. The minimum atomic E-state index is 0.819. The average molecular weight is 249 g/mol. The van der Waals surface area contributed by atoms with Crippen molar-refractivity contribution < 1.29 is 0 Å². The Morgan fingerprint density at radius 1 is 1.50 bits per heavy atom. The predicted molar refractivity (Wildman–Crippen MR) is 56.5 cm³/mol. The Bertz CT molecular complexity index is 263. The number of rotatable bonds is 3. The van der Waals surface area contributed by atoms with E-state index >= 15 is 0 Å². The standard InChI is InChI=1S/C9H11BrClN/c1-2-12-6-7-5-8(10)3-4-9(7)11/h3-5,12H,2,6H2,1H3. The summed E-state index contributed by atoms with van der Waals surface area (Å²) >= 11 is 9.37. The molecule has 1 N–H and O–H groups in total. The highest BCUT2D eigenvalue weighted by atomic mass is 79.9. The Morgan fingerprint density at radius 2 is 2.25 bits per heavy atom. The number of halogens is 2. The fraction of sp³-hybridized carbons (Fsp3) is 0.333. The monoisotopic (exact) mass is 247 g/mol. The zero-order chi connectivity index (χ0) is 8.97. The van der Waals surface area contributed by atoms with Gasteiger partial charge in [0.05, 0.1) is 0 Å². The molecule has 12 heavy (non-hydrogen) atoms. The van der Waals surface area contributed by atoms with E-state index in [0.717, 1.165) is 28.1 Å². The maximum atomic E-state index is 5.97. The minimum Gasteiger partial charge on any atom is -0.313 e. The van der Waals surface area contributed by atoms with Crippen molar-refractivity contribution >= 4 is 27.5 Å². The molecule has 66 valence electrons. The molecule has 0 spiro atoms. The lowest BCUT2D eigenvalue weighted by Gasteiger charge is -2.04. The predicted octanol–water partition coefficient (Wildman–Crippen LogP) is 3.21. The summed E-state index contributed by atoms with van der Waals surface area (Å²) in [6.45, 7) is 3.86. The summed E-state index contributed by atoms with van der Waals surface area (Å²) in [6.07, 6.45) is 0. The van der Waals surface area contributed by atoms with E-state index in [1.54, 1.807) is 0 Å². The van der Waals surface area contributed by atoms with Crippen molar-refractivity contribution in [2.45, 2.75) is 13.5 Å². The van der Waals surface area contributed by atoms with E-state index in [2.05, 4.69) is 28.2 Å². The summed E-state index contributed by atoms with van der Waals surface area (Å²) in [4.78, 5) is 0. The van der Waals surface area contributed by atoms with Crippen LogP contribution in [0.5, 0.6) is 0 Å². The van der Waals surface area contributed by atoms with E-state index in [0.29, 0.717) is 0 Å². The van der Waals surface area contributed by atoms with E-state index in [1.807, 2.05) is 18.2 Å². The van der Waals surface area contributed by atoms with Gasteiger partial charge < -0.3 is 5.32 Å². The van der Waals surface area contributed by atoms with Crippen LogP contribution in [0.25, 0.3) is 0 Å². The molecule has 0 saturated heterocycles. The van der Waals surface area contributed by atoms with Crippen LogP contribution in [-0.4, -0.2) is 6.54 Å². The van der Waals surface area contributed by atoms with Gasteiger partial charge in [0.25, 0.3) is 0 Å². The van der Waals surface area contributed by atoms with Crippen LogP contribution in [0.3, 0.4) is 0 Å². The molecule has 0 amide bonds. The highest BCUT2D eigenvalue weighted by Gasteiger charge is 1.99. The summed E-state index contributed by atoms with van der Waals surface area (Å²) in [6, 6.07) is 5.88. The van der Waals surface area contributed by atoms with Crippen LogP contribution in [0.4, 0.5) is 0 Å². The van der Waals surface area contributed by atoms with Gasteiger partial charge in [-0.1, -0.05) is 34.5 Å². The summed E-state index contributed by atoms with van der Waals surface area (Å²) in [5, 5.41) is 4.05. The fourth-order valence-electron chi connectivity index (χ4n) is 0.938. The first-order valence-electron chi connectivity index (χ1n) is 3.88. The highest BCUT2D eigenvalue weighted by Crippen LogP contribution is 2.20. The molecule has 1 aromatic rings. The van der Waals surface area contributed by atoms with E-state index in [9.17, 15) is 0 Å². The minimum absolute atomic E-state index is 0.819. The lowest BCUT2D eigenvalue weighted by Crippen LogP contribution is -2.11. The van der Waals surface area contributed by atoms with Crippen molar-refractivity contribution in [2.75, 3.05) is 6.54 Å². The lowest BCUT2D eigenvalue weighted by atomic mass is 10.2. The Hall–Kier alpha value is -0.0500. The molecule has 0 aliphatic carbocycles. The normalized spacial score (nSPS) is 10.2. The molecule has 1 rings (SSSR count).